The molecule has 0 aliphatic heterocycles. The largest absolute Gasteiger partial charge is 0.508 e. The lowest BCUT2D eigenvalue weighted by molar-refractivity contribution is 0.386. The Balaban J connectivity index is 5.09. The summed E-state index contributed by atoms with van der Waals surface area (Å²) in [6, 6.07) is 1.88. The molecule has 0 amide bonds. The predicted octanol–water partition coefficient (Wildman–Crippen LogP) is 5.42. The summed E-state index contributed by atoms with van der Waals surface area (Å²) < 4.78 is 0. The molecule has 0 aromatic heterocycles. The van der Waals surface area contributed by atoms with Gasteiger partial charge in [0.05, 0.1) is 11.6 Å². The number of aliphatic hydroxyl groups is 2. The van der Waals surface area contributed by atoms with Crippen LogP contribution in [-0.2, 0) is 0 Å². The summed E-state index contributed by atoms with van der Waals surface area (Å²) in [6.07, 6.45) is 7.65. The van der Waals surface area contributed by atoms with Crippen molar-refractivity contribution in [3.63, 3.8) is 0 Å². The van der Waals surface area contributed by atoms with Crippen LogP contribution in [0.4, 0.5) is 0 Å². The van der Waals surface area contributed by atoms with Crippen molar-refractivity contribution in [1.82, 2.24) is 0 Å². The maximum absolute atomic E-state index is 9.99. The molecule has 21 heavy (non-hydrogen) atoms. The number of hydrogen-bond donors (Lipinski definition) is 2. The van der Waals surface area contributed by atoms with Crippen LogP contribution in [0.2, 0.25) is 0 Å². The summed E-state index contributed by atoms with van der Waals surface area (Å²) in [5.41, 5.74) is 2.96. The smallest absolute Gasteiger partial charge is 0.136 e. The third kappa shape index (κ3) is 7.22. The van der Waals surface area contributed by atoms with E-state index in [2.05, 4.69) is 26.5 Å². The minimum atomic E-state index is -0.178. The zero-order valence-electron chi connectivity index (χ0n) is 13.4. The highest BCUT2D eigenvalue weighted by atomic mass is 16.3. The van der Waals surface area contributed by atoms with Gasteiger partial charge in [-0.3, -0.25) is 0 Å². The fourth-order valence-electron chi connectivity index (χ4n) is 1.69. The van der Waals surface area contributed by atoms with E-state index in [-0.39, 0.29) is 17.1 Å². The molecular formula is C18H25NO2. The second-order valence-corrected chi connectivity index (χ2v) is 5.23. The van der Waals surface area contributed by atoms with Crippen molar-refractivity contribution in [2.24, 2.45) is 0 Å². The van der Waals surface area contributed by atoms with Crippen molar-refractivity contribution in [3.8, 4) is 6.07 Å². The quantitative estimate of drug-likeness (QED) is 0.284. The first kappa shape index (κ1) is 18.8. The van der Waals surface area contributed by atoms with Crippen molar-refractivity contribution in [2.45, 2.75) is 47.0 Å². The van der Waals surface area contributed by atoms with Gasteiger partial charge in [-0.1, -0.05) is 29.9 Å². The summed E-state index contributed by atoms with van der Waals surface area (Å²) in [7, 11) is 0. The summed E-state index contributed by atoms with van der Waals surface area (Å²) in [5, 5.41) is 28.6. The number of nitrogens with zero attached hydrogens (tertiary/aromatic N) is 1. The maximum atomic E-state index is 9.99. The minimum Gasteiger partial charge on any atom is -0.508 e. The average Bonchev–Trinajstić information content (AvgIpc) is 2.45. The minimum absolute atomic E-state index is 0.101. The van der Waals surface area contributed by atoms with Gasteiger partial charge in [0, 0.05) is 5.57 Å². The molecule has 0 radical (unpaired) electrons. The van der Waals surface area contributed by atoms with Crippen LogP contribution in [0.15, 0.2) is 58.6 Å². The molecule has 0 bridgehead atoms. The van der Waals surface area contributed by atoms with E-state index in [1.165, 1.54) is 24.1 Å². The number of allylic oxidation sites excluding steroid dienone is 7. The van der Waals surface area contributed by atoms with Crippen LogP contribution in [0.5, 0.6) is 0 Å². The first-order valence-corrected chi connectivity index (χ1v) is 6.97. The summed E-state index contributed by atoms with van der Waals surface area (Å²) in [5.74, 6) is -0.279. The van der Waals surface area contributed by atoms with Crippen molar-refractivity contribution in [2.75, 3.05) is 0 Å². The Hall–Kier alpha value is -2.21. The van der Waals surface area contributed by atoms with Gasteiger partial charge in [-0.25, -0.2) is 0 Å². The molecular weight excluding hydrogens is 262 g/mol. The number of aliphatic hydroxyl groups excluding tert-OH is 2. The van der Waals surface area contributed by atoms with Crippen molar-refractivity contribution in [3.05, 3.63) is 58.6 Å². The third-order valence-electron chi connectivity index (χ3n) is 3.06. The van der Waals surface area contributed by atoms with Gasteiger partial charge in [0.2, 0.25) is 0 Å². The number of hydrogen-bond acceptors (Lipinski definition) is 3. The van der Waals surface area contributed by atoms with E-state index in [0.717, 1.165) is 12.8 Å². The van der Waals surface area contributed by atoms with E-state index in [4.69, 9.17) is 5.26 Å². The molecule has 0 aromatic carbocycles. The molecule has 2 N–H and O–H groups in total. The molecule has 0 rings (SSSR count). The molecule has 0 saturated heterocycles. The molecule has 0 saturated carbocycles. The highest BCUT2D eigenvalue weighted by Gasteiger charge is 2.11. The normalized spacial score (nSPS) is 13.8. The predicted molar refractivity (Wildman–Crippen MR) is 87.8 cm³/mol. The average molecular weight is 287 g/mol. The van der Waals surface area contributed by atoms with Gasteiger partial charge in [0.15, 0.2) is 0 Å². The highest BCUT2D eigenvalue weighted by Crippen LogP contribution is 2.21. The first-order chi connectivity index (χ1) is 9.83. The van der Waals surface area contributed by atoms with Gasteiger partial charge in [-0.05, 0) is 53.0 Å². The van der Waals surface area contributed by atoms with Gasteiger partial charge in [-0.2, -0.15) is 5.26 Å². The lowest BCUT2D eigenvalue weighted by atomic mass is 10.0. The van der Waals surface area contributed by atoms with E-state index < -0.39 is 0 Å². The molecule has 0 fully saturated rings. The van der Waals surface area contributed by atoms with E-state index >= 15 is 0 Å². The second-order valence-electron chi connectivity index (χ2n) is 5.23. The van der Waals surface area contributed by atoms with Crippen LogP contribution in [0.3, 0.4) is 0 Å². The van der Waals surface area contributed by atoms with Crippen molar-refractivity contribution < 1.29 is 10.2 Å². The monoisotopic (exact) mass is 287 g/mol. The van der Waals surface area contributed by atoms with E-state index in [0.29, 0.717) is 12.0 Å². The Kier molecular flexibility index (Phi) is 8.64. The zero-order chi connectivity index (χ0) is 16.4. The van der Waals surface area contributed by atoms with Crippen LogP contribution in [0.1, 0.15) is 47.0 Å². The molecule has 0 spiro atoms. The summed E-state index contributed by atoms with van der Waals surface area (Å²) in [6.45, 7) is 11.1. The molecule has 0 atom stereocenters. The fourth-order valence-corrected chi connectivity index (χ4v) is 1.69. The summed E-state index contributed by atoms with van der Waals surface area (Å²) >= 11 is 0. The standard InChI is InChI=1S/C18H25NO2/c1-6-17(20)16(18(21)15(5)12-19)11-10-14(4)9-7-8-13(2)3/h6,8,10,20-21H,1,7,9,11H2,2-5H3/b14-10+,17-16+,18-15-. The van der Waals surface area contributed by atoms with Crippen LogP contribution in [-0.4, -0.2) is 10.2 Å². The van der Waals surface area contributed by atoms with Crippen LogP contribution in [0, 0.1) is 11.3 Å². The fraction of sp³-hybridized carbons (Fsp3) is 0.389. The van der Waals surface area contributed by atoms with Gasteiger partial charge in [0.25, 0.3) is 0 Å². The number of rotatable bonds is 7. The Morgan fingerprint density at radius 1 is 1.14 bits per heavy atom. The van der Waals surface area contributed by atoms with Gasteiger partial charge in [-0.15, -0.1) is 0 Å². The molecule has 0 aliphatic rings. The number of nitriles is 1. The molecule has 0 aliphatic carbocycles. The molecule has 0 heterocycles. The van der Waals surface area contributed by atoms with Crippen molar-refractivity contribution >= 4 is 0 Å². The SMILES string of the molecule is C=C/C(O)=C(C/C=C(\C)CCC=C(C)C)\C(O)=C(/C)C#N. The lowest BCUT2D eigenvalue weighted by Gasteiger charge is -2.08. The van der Waals surface area contributed by atoms with Gasteiger partial charge in [0.1, 0.15) is 11.5 Å². The topological polar surface area (TPSA) is 64.2 Å². The highest BCUT2D eigenvalue weighted by molar-refractivity contribution is 5.40. The van der Waals surface area contributed by atoms with Gasteiger partial charge >= 0.3 is 0 Å². The summed E-state index contributed by atoms with van der Waals surface area (Å²) in [4.78, 5) is 0. The van der Waals surface area contributed by atoms with E-state index in [1.807, 2.05) is 19.1 Å². The van der Waals surface area contributed by atoms with Gasteiger partial charge < -0.3 is 10.2 Å². The molecule has 3 nitrogen and oxygen atoms in total. The Morgan fingerprint density at radius 2 is 1.76 bits per heavy atom. The second kappa shape index (κ2) is 9.66. The van der Waals surface area contributed by atoms with Crippen LogP contribution in [0.25, 0.3) is 0 Å². The Labute approximate surface area is 127 Å². The molecule has 3 heteroatoms. The molecule has 114 valence electrons. The Morgan fingerprint density at radius 3 is 2.24 bits per heavy atom. The molecule has 0 aromatic rings. The maximum Gasteiger partial charge on any atom is 0.136 e. The van der Waals surface area contributed by atoms with Crippen LogP contribution < -0.4 is 0 Å². The zero-order valence-corrected chi connectivity index (χ0v) is 13.4. The van der Waals surface area contributed by atoms with Crippen molar-refractivity contribution in [1.29, 1.82) is 5.26 Å². The molecule has 0 unspecified atom stereocenters. The third-order valence-corrected chi connectivity index (χ3v) is 3.06. The lowest BCUT2D eigenvalue weighted by Crippen LogP contribution is -1.96. The van der Waals surface area contributed by atoms with Crippen LogP contribution >= 0.6 is 0 Å². The van der Waals surface area contributed by atoms with E-state index in [9.17, 15) is 10.2 Å². The van der Waals surface area contributed by atoms with E-state index in [1.54, 1.807) is 0 Å². The Bertz CT molecular complexity index is 536. The first-order valence-electron chi connectivity index (χ1n) is 6.97.